The number of hydrogen-bond acceptors (Lipinski definition) is 5. The van der Waals surface area contributed by atoms with Gasteiger partial charge < -0.3 is 15.2 Å². The number of aliphatic hydroxyl groups is 1. The van der Waals surface area contributed by atoms with E-state index in [2.05, 4.69) is 5.32 Å². The van der Waals surface area contributed by atoms with E-state index in [0.717, 1.165) is 25.7 Å². The first-order valence-electron chi connectivity index (χ1n) is 7.36. The average Bonchev–Trinajstić information content (AvgIpc) is 2.40. The van der Waals surface area contributed by atoms with E-state index < -0.39 is 11.0 Å². The Bertz CT molecular complexity index is 504. The Morgan fingerprint density at radius 1 is 1.33 bits per heavy atom. The first kappa shape index (κ1) is 15.6. The van der Waals surface area contributed by atoms with E-state index in [1.54, 1.807) is 6.07 Å². The van der Waals surface area contributed by atoms with Gasteiger partial charge in [-0.05, 0) is 26.7 Å². The minimum atomic E-state index is -0.435. The first-order valence-corrected chi connectivity index (χ1v) is 7.36. The second kappa shape index (κ2) is 6.76. The van der Waals surface area contributed by atoms with Crippen LogP contribution in [0.15, 0.2) is 18.2 Å². The largest absolute Gasteiger partial charge is 0.491 e. The van der Waals surface area contributed by atoms with Crippen LogP contribution in [-0.2, 0) is 0 Å². The summed E-state index contributed by atoms with van der Waals surface area (Å²) in [4.78, 5) is 10.6. The summed E-state index contributed by atoms with van der Waals surface area (Å²) in [6, 6.07) is 4.58. The maximum absolute atomic E-state index is 11.0. The summed E-state index contributed by atoms with van der Waals surface area (Å²) >= 11 is 0. The van der Waals surface area contributed by atoms with Crippen molar-refractivity contribution in [1.29, 1.82) is 0 Å². The molecule has 2 atom stereocenters. The molecule has 0 amide bonds. The molecule has 1 aliphatic carbocycles. The second-order valence-corrected chi connectivity index (χ2v) is 5.74. The van der Waals surface area contributed by atoms with Crippen molar-refractivity contribution >= 4 is 11.4 Å². The van der Waals surface area contributed by atoms with E-state index in [0.29, 0.717) is 11.4 Å². The molecule has 0 aromatic heterocycles. The van der Waals surface area contributed by atoms with Crippen molar-refractivity contribution in [3.63, 3.8) is 0 Å². The summed E-state index contributed by atoms with van der Waals surface area (Å²) in [5, 5.41) is 24.2. The summed E-state index contributed by atoms with van der Waals surface area (Å²) < 4.78 is 5.55. The van der Waals surface area contributed by atoms with Crippen molar-refractivity contribution in [2.24, 2.45) is 0 Å². The lowest BCUT2D eigenvalue weighted by Crippen LogP contribution is -2.36. The number of anilines is 1. The number of benzene rings is 1. The lowest BCUT2D eigenvalue weighted by atomic mass is 9.92. The number of ether oxygens (including phenoxy) is 1. The SMILES string of the molecule is CC(C)Oc1cc(NC2CCCCC2O)cc([N+](=O)[O-])c1. The van der Waals surface area contributed by atoms with Crippen molar-refractivity contribution < 1.29 is 14.8 Å². The summed E-state index contributed by atoms with van der Waals surface area (Å²) in [6.45, 7) is 3.74. The van der Waals surface area contributed by atoms with Gasteiger partial charge in [0.25, 0.3) is 5.69 Å². The minimum absolute atomic E-state index is 0.0130. The van der Waals surface area contributed by atoms with Gasteiger partial charge in [0.2, 0.25) is 0 Å². The zero-order chi connectivity index (χ0) is 15.4. The fraction of sp³-hybridized carbons (Fsp3) is 0.600. The molecule has 2 N–H and O–H groups in total. The summed E-state index contributed by atoms with van der Waals surface area (Å²) in [7, 11) is 0. The standard InChI is InChI=1S/C15H22N2O4/c1-10(2)21-13-8-11(7-12(9-13)17(19)20)16-14-5-3-4-6-15(14)18/h7-10,14-16,18H,3-6H2,1-2H3. The number of rotatable bonds is 5. The van der Waals surface area contributed by atoms with Crippen LogP contribution in [0.5, 0.6) is 5.75 Å². The summed E-state index contributed by atoms with van der Waals surface area (Å²) in [5.74, 6) is 0.465. The zero-order valence-electron chi connectivity index (χ0n) is 12.4. The van der Waals surface area contributed by atoms with Crippen LogP contribution >= 0.6 is 0 Å². The molecule has 21 heavy (non-hydrogen) atoms. The number of aliphatic hydroxyl groups excluding tert-OH is 1. The van der Waals surface area contributed by atoms with Crippen LogP contribution in [0.3, 0.4) is 0 Å². The molecule has 2 unspecified atom stereocenters. The molecule has 0 spiro atoms. The van der Waals surface area contributed by atoms with E-state index in [9.17, 15) is 15.2 Å². The van der Waals surface area contributed by atoms with E-state index in [-0.39, 0.29) is 17.8 Å². The van der Waals surface area contributed by atoms with Crippen LogP contribution in [0, 0.1) is 10.1 Å². The topological polar surface area (TPSA) is 84.6 Å². The van der Waals surface area contributed by atoms with Crippen LogP contribution < -0.4 is 10.1 Å². The number of hydrogen-bond donors (Lipinski definition) is 2. The van der Waals surface area contributed by atoms with E-state index in [4.69, 9.17) is 4.74 Å². The quantitative estimate of drug-likeness (QED) is 0.644. The molecule has 6 heteroatoms. The molecule has 1 aromatic rings. The van der Waals surface area contributed by atoms with Gasteiger partial charge in [-0.25, -0.2) is 0 Å². The number of non-ortho nitro benzene ring substituents is 1. The van der Waals surface area contributed by atoms with Crippen molar-refractivity contribution in [1.82, 2.24) is 0 Å². The predicted molar refractivity (Wildman–Crippen MR) is 80.7 cm³/mol. The maximum Gasteiger partial charge on any atom is 0.275 e. The van der Waals surface area contributed by atoms with Gasteiger partial charge in [-0.15, -0.1) is 0 Å². The Balaban J connectivity index is 2.20. The smallest absolute Gasteiger partial charge is 0.275 e. The minimum Gasteiger partial charge on any atom is -0.491 e. The second-order valence-electron chi connectivity index (χ2n) is 5.74. The highest BCUT2D eigenvalue weighted by molar-refractivity contribution is 5.57. The molecular weight excluding hydrogens is 272 g/mol. The normalized spacial score (nSPS) is 22.1. The van der Waals surface area contributed by atoms with Crippen LogP contribution in [0.2, 0.25) is 0 Å². The lowest BCUT2D eigenvalue weighted by molar-refractivity contribution is -0.384. The molecule has 1 aliphatic rings. The Morgan fingerprint density at radius 3 is 2.67 bits per heavy atom. The number of nitro benzene ring substituents is 1. The van der Waals surface area contributed by atoms with Crippen LogP contribution in [0.1, 0.15) is 39.5 Å². The van der Waals surface area contributed by atoms with Gasteiger partial charge in [0.15, 0.2) is 0 Å². The van der Waals surface area contributed by atoms with E-state index in [1.807, 2.05) is 13.8 Å². The molecule has 0 saturated heterocycles. The summed E-state index contributed by atoms with van der Waals surface area (Å²) in [5.41, 5.74) is 0.603. The predicted octanol–water partition coefficient (Wildman–Crippen LogP) is 3.10. The van der Waals surface area contributed by atoms with Crippen LogP contribution in [0.4, 0.5) is 11.4 Å². The van der Waals surface area contributed by atoms with Crippen LogP contribution in [-0.4, -0.2) is 28.3 Å². The van der Waals surface area contributed by atoms with Crippen molar-refractivity contribution in [3.05, 3.63) is 28.3 Å². The molecule has 0 aliphatic heterocycles. The molecule has 6 nitrogen and oxygen atoms in total. The molecule has 116 valence electrons. The van der Waals surface area contributed by atoms with Gasteiger partial charge in [-0.1, -0.05) is 12.8 Å². The Hall–Kier alpha value is -1.82. The third kappa shape index (κ3) is 4.32. The van der Waals surface area contributed by atoms with Gasteiger partial charge >= 0.3 is 0 Å². The number of nitro groups is 1. The zero-order valence-corrected chi connectivity index (χ0v) is 12.4. The van der Waals surface area contributed by atoms with Gasteiger partial charge in [-0.3, -0.25) is 10.1 Å². The van der Waals surface area contributed by atoms with E-state index >= 15 is 0 Å². The molecular formula is C15H22N2O4. The van der Waals surface area contributed by atoms with Gasteiger partial charge in [0.05, 0.1) is 29.2 Å². The maximum atomic E-state index is 11.0. The van der Waals surface area contributed by atoms with Crippen molar-refractivity contribution in [2.75, 3.05) is 5.32 Å². The highest BCUT2D eigenvalue weighted by Crippen LogP contribution is 2.29. The Labute approximate surface area is 124 Å². The molecule has 0 radical (unpaired) electrons. The Kier molecular flexibility index (Phi) is 5.01. The van der Waals surface area contributed by atoms with Crippen molar-refractivity contribution in [3.8, 4) is 5.75 Å². The summed E-state index contributed by atoms with van der Waals surface area (Å²) in [6.07, 6.45) is 3.24. The first-order chi connectivity index (χ1) is 9.95. The highest BCUT2D eigenvalue weighted by Gasteiger charge is 2.23. The molecule has 1 aromatic carbocycles. The van der Waals surface area contributed by atoms with E-state index in [1.165, 1.54) is 12.1 Å². The van der Waals surface area contributed by atoms with Gasteiger partial charge in [-0.2, -0.15) is 0 Å². The molecule has 0 heterocycles. The fourth-order valence-corrected chi connectivity index (χ4v) is 2.61. The lowest BCUT2D eigenvalue weighted by Gasteiger charge is -2.29. The van der Waals surface area contributed by atoms with Gasteiger partial charge in [0.1, 0.15) is 5.75 Å². The Morgan fingerprint density at radius 2 is 2.05 bits per heavy atom. The molecule has 1 fully saturated rings. The molecule has 1 saturated carbocycles. The third-order valence-electron chi connectivity index (χ3n) is 3.56. The average molecular weight is 294 g/mol. The van der Waals surface area contributed by atoms with Gasteiger partial charge in [0, 0.05) is 17.8 Å². The fourth-order valence-electron chi connectivity index (χ4n) is 2.61. The number of nitrogens with zero attached hydrogens (tertiary/aromatic N) is 1. The third-order valence-corrected chi connectivity index (χ3v) is 3.56. The van der Waals surface area contributed by atoms with Crippen molar-refractivity contribution in [2.45, 2.75) is 57.8 Å². The highest BCUT2D eigenvalue weighted by atomic mass is 16.6. The molecule has 2 rings (SSSR count). The number of nitrogens with one attached hydrogen (secondary N) is 1. The van der Waals surface area contributed by atoms with Crippen LogP contribution in [0.25, 0.3) is 0 Å². The monoisotopic (exact) mass is 294 g/mol. The molecule has 0 bridgehead atoms.